The SMILES string of the molecule is CC(C)NC(=O)CNC(=O)Nc1cccc(C(C)N)c1. The highest BCUT2D eigenvalue weighted by molar-refractivity contribution is 5.92. The van der Waals surface area contributed by atoms with Crippen molar-refractivity contribution in [2.45, 2.75) is 32.9 Å². The van der Waals surface area contributed by atoms with Gasteiger partial charge in [-0.3, -0.25) is 4.79 Å². The van der Waals surface area contributed by atoms with E-state index in [2.05, 4.69) is 16.0 Å². The lowest BCUT2D eigenvalue weighted by atomic mass is 10.1. The molecule has 110 valence electrons. The molecule has 0 saturated heterocycles. The number of urea groups is 1. The molecule has 1 rings (SSSR count). The maximum atomic E-state index is 11.7. The van der Waals surface area contributed by atoms with Gasteiger partial charge in [0.25, 0.3) is 0 Å². The van der Waals surface area contributed by atoms with Crippen molar-refractivity contribution in [2.24, 2.45) is 5.73 Å². The van der Waals surface area contributed by atoms with Crippen molar-refractivity contribution in [3.8, 4) is 0 Å². The largest absolute Gasteiger partial charge is 0.352 e. The van der Waals surface area contributed by atoms with E-state index in [1.165, 1.54) is 0 Å². The van der Waals surface area contributed by atoms with Gasteiger partial charge in [0.05, 0.1) is 6.54 Å². The number of nitrogens with one attached hydrogen (secondary N) is 3. The van der Waals surface area contributed by atoms with Crippen LogP contribution in [0, 0.1) is 0 Å². The molecule has 1 atom stereocenters. The number of carbonyl (C=O) groups excluding carboxylic acids is 2. The Balaban J connectivity index is 2.46. The van der Waals surface area contributed by atoms with Crippen LogP contribution < -0.4 is 21.7 Å². The maximum Gasteiger partial charge on any atom is 0.319 e. The van der Waals surface area contributed by atoms with E-state index in [-0.39, 0.29) is 24.5 Å². The second kappa shape index (κ2) is 7.49. The van der Waals surface area contributed by atoms with Gasteiger partial charge in [0.15, 0.2) is 0 Å². The van der Waals surface area contributed by atoms with Crippen molar-refractivity contribution in [2.75, 3.05) is 11.9 Å². The van der Waals surface area contributed by atoms with Gasteiger partial charge in [-0.25, -0.2) is 4.79 Å². The zero-order chi connectivity index (χ0) is 15.1. The molecule has 0 fully saturated rings. The molecule has 6 heteroatoms. The van der Waals surface area contributed by atoms with E-state index in [0.717, 1.165) is 5.56 Å². The Kier molecular flexibility index (Phi) is 5.99. The van der Waals surface area contributed by atoms with Crippen LogP contribution in [0.1, 0.15) is 32.4 Å². The molecule has 0 aliphatic heterocycles. The van der Waals surface area contributed by atoms with Gasteiger partial charge in [-0.2, -0.15) is 0 Å². The summed E-state index contributed by atoms with van der Waals surface area (Å²) in [4.78, 5) is 23.0. The van der Waals surface area contributed by atoms with Gasteiger partial charge in [0.2, 0.25) is 5.91 Å². The van der Waals surface area contributed by atoms with Crippen molar-refractivity contribution < 1.29 is 9.59 Å². The van der Waals surface area contributed by atoms with Crippen LogP contribution in [-0.4, -0.2) is 24.5 Å². The summed E-state index contributed by atoms with van der Waals surface area (Å²) in [5.74, 6) is -0.223. The van der Waals surface area contributed by atoms with Crippen molar-refractivity contribution in [1.82, 2.24) is 10.6 Å². The minimum Gasteiger partial charge on any atom is -0.352 e. The van der Waals surface area contributed by atoms with Gasteiger partial charge < -0.3 is 21.7 Å². The standard InChI is InChI=1S/C14H22N4O2/c1-9(2)17-13(19)8-16-14(20)18-12-6-4-5-11(7-12)10(3)15/h4-7,9-10H,8,15H2,1-3H3,(H,17,19)(H2,16,18,20). The Bertz CT molecular complexity index is 472. The summed E-state index contributed by atoms with van der Waals surface area (Å²) in [6.45, 7) is 5.53. The molecule has 0 heterocycles. The number of benzene rings is 1. The smallest absolute Gasteiger partial charge is 0.319 e. The zero-order valence-electron chi connectivity index (χ0n) is 12.1. The fourth-order valence-electron chi connectivity index (χ4n) is 1.61. The summed E-state index contributed by atoms with van der Waals surface area (Å²) >= 11 is 0. The topological polar surface area (TPSA) is 96.2 Å². The maximum absolute atomic E-state index is 11.7. The van der Waals surface area contributed by atoms with Gasteiger partial charge in [-0.05, 0) is 38.5 Å². The summed E-state index contributed by atoms with van der Waals surface area (Å²) in [5, 5.41) is 7.84. The first kappa shape index (κ1) is 16.0. The average Bonchev–Trinajstić information content (AvgIpc) is 2.36. The van der Waals surface area contributed by atoms with Gasteiger partial charge in [0.1, 0.15) is 0 Å². The third-order valence-electron chi connectivity index (χ3n) is 2.53. The lowest BCUT2D eigenvalue weighted by Crippen LogP contribution is -2.41. The van der Waals surface area contributed by atoms with Crippen LogP contribution in [0.3, 0.4) is 0 Å². The number of rotatable bonds is 5. The van der Waals surface area contributed by atoms with E-state index >= 15 is 0 Å². The molecule has 6 nitrogen and oxygen atoms in total. The van der Waals surface area contributed by atoms with Crippen LogP contribution in [0.4, 0.5) is 10.5 Å². The normalized spacial score (nSPS) is 11.8. The Labute approximate surface area is 119 Å². The molecule has 20 heavy (non-hydrogen) atoms. The highest BCUT2D eigenvalue weighted by Crippen LogP contribution is 2.15. The lowest BCUT2D eigenvalue weighted by molar-refractivity contribution is -0.120. The number of hydrogen-bond donors (Lipinski definition) is 4. The number of carbonyl (C=O) groups is 2. The first-order valence-electron chi connectivity index (χ1n) is 6.58. The van der Waals surface area contributed by atoms with Crippen molar-refractivity contribution >= 4 is 17.6 Å². The van der Waals surface area contributed by atoms with Crippen LogP contribution in [0.5, 0.6) is 0 Å². The van der Waals surface area contributed by atoms with Crippen molar-refractivity contribution in [3.05, 3.63) is 29.8 Å². The third-order valence-corrected chi connectivity index (χ3v) is 2.53. The quantitative estimate of drug-likeness (QED) is 0.654. The van der Waals surface area contributed by atoms with Gasteiger partial charge in [0, 0.05) is 17.8 Å². The monoisotopic (exact) mass is 278 g/mol. The molecule has 5 N–H and O–H groups in total. The molecule has 0 radical (unpaired) electrons. The molecular formula is C14H22N4O2. The molecule has 0 aliphatic rings. The highest BCUT2D eigenvalue weighted by atomic mass is 16.2. The minimum atomic E-state index is -0.425. The van der Waals surface area contributed by atoms with E-state index < -0.39 is 6.03 Å². The van der Waals surface area contributed by atoms with E-state index in [1.807, 2.05) is 32.9 Å². The average molecular weight is 278 g/mol. The fraction of sp³-hybridized carbons (Fsp3) is 0.429. The summed E-state index contributed by atoms with van der Waals surface area (Å²) < 4.78 is 0. The molecule has 0 spiro atoms. The predicted octanol–water partition coefficient (Wildman–Crippen LogP) is 1.35. The fourth-order valence-corrected chi connectivity index (χ4v) is 1.61. The molecule has 3 amide bonds. The molecule has 0 aromatic heterocycles. The highest BCUT2D eigenvalue weighted by Gasteiger charge is 2.07. The van der Waals surface area contributed by atoms with E-state index in [0.29, 0.717) is 5.69 Å². The lowest BCUT2D eigenvalue weighted by Gasteiger charge is -2.11. The first-order chi connectivity index (χ1) is 9.38. The van der Waals surface area contributed by atoms with Crippen LogP contribution in [0.15, 0.2) is 24.3 Å². The first-order valence-corrected chi connectivity index (χ1v) is 6.58. The third kappa shape index (κ3) is 5.71. The molecular weight excluding hydrogens is 256 g/mol. The number of hydrogen-bond acceptors (Lipinski definition) is 3. The molecule has 0 saturated carbocycles. The summed E-state index contributed by atoms with van der Waals surface area (Å²) in [5.41, 5.74) is 7.35. The molecule has 1 unspecified atom stereocenters. The van der Waals surface area contributed by atoms with E-state index in [4.69, 9.17) is 5.73 Å². The van der Waals surface area contributed by atoms with Crippen LogP contribution in [0.2, 0.25) is 0 Å². The Hall–Kier alpha value is -2.08. The summed E-state index contributed by atoms with van der Waals surface area (Å²) in [6.07, 6.45) is 0. The Morgan fingerprint density at radius 1 is 1.25 bits per heavy atom. The Morgan fingerprint density at radius 3 is 2.55 bits per heavy atom. The molecule has 1 aromatic rings. The van der Waals surface area contributed by atoms with Crippen molar-refractivity contribution in [1.29, 1.82) is 0 Å². The van der Waals surface area contributed by atoms with Crippen LogP contribution >= 0.6 is 0 Å². The van der Waals surface area contributed by atoms with Gasteiger partial charge >= 0.3 is 6.03 Å². The van der Waals surface area contributed by atoms with Crippen LogP contribution in [-0.2, 0) is 4.79 Å². The van der Waals surface area contributed by atoms with E-state index in [9.17, 15) is 9.59 Å². The van der Waals surface area contributed by atoms with Crippen molar-refractivity contribution in [3.63, 3.8) is 0 Å². The second-order valence-corrected chi connectivity index (χ2v) is 4.94. The van der Waals surface area contributed by atoms with E-state index in [1.54, 1.807) is 12.1 Å². The summed E-state index contributed by atoms with van der Waals surface area (Å²) in [6, 6.07) is 6.80. The predicted molar refractivity (Wildman–Crippen MR) is 79.3 cm³/mol. The number of nitrogens with two attached hydrogens (primary N) is 1. The minimum absolute atomic E-state index is 0.0510. The Morgan fingerprint density at radius 2 is 1.95 bits per heavy atom. The van der Waals surface area contributed by atoms with Crippen LogP contribution in [0.25, 0.3) is 0 Å². The zero-order valence-corrected chi connectivity index (χ0v) is 12.1. The summed E-state index contributed by atoms with van der Waals surface area (Å²) in [7, 11) is 0. The molecule has 1 aromatic carbocycles. The second-order valence-electron chi connectivity index (χ2n) is 4.94. The molecule has 0 aliphatic carbocycles. The van der Waals surface area contributed by atoms with Gasteiger partial charge in [-0.1, -0.05) is 12.1 Å². The number of amides is 3. The molecule has 0 bridgehead atoms. The number of anilines is 1. The van der Waals surface area contributed by atoms with Gasteiger partial charge in [-0.15, -0.1) is 0 Å².